The minimum Gasteiger partial charge on any atom is -0.345 e. The van der Waals surface area contributed by atoms with Crippen LogP contribution in [0.5, 0.6) is 0 Å². The zero-order chi connectivity index (χ0) is 24.2. The van der Waals surface area contributed by atoms with Gasteiger partial charge in [-0.1, -0.05) is 55.3 Å². The first-order valence-corrected chi connectivity index (χ1v) is 11.3. The second kappa shape index (κ2) is 9.86. The van der Waals surface area contributed by atoms with Crippen molar-refractivity contribution in [2.75, 3.05) is 11.9 Å². The molecule has 1 aliphatic carbocycles. The highest BCUT2D eigenvalue weighted by atomic mass is 16.2. The van der Waals surface area contributed by atoms with Gasteiger partial charge in [-0.3, -0.25) is 24.1 Å². The third-order valence-electron chi connectivity index (χ3n) is 6.17. The van der Waals surface area contributed by atoms with Crippen LogP contribution in [0.2, 0.25) is 0 Å². The molecule has 1 atom stereocenters. The van der Waals surface area contributed by atoms with E-state index < -0.39 is 30.3 Å². The van der Waals surface area contributed by atoms with Crippen molar-refractivity contribution in [2.45, 2.75) is 44.7 Å². The molecule has 0 bridgehead atoms. The van der Waals surface area contributed by atoms with Gasteiger partial charge < -0.3 is 10.6 Å². The quantitative estimate of drug-likeness (QED) is 0.485. The van der Waals surface area contributed by atoms with Crippen LogP contribution in [-0.2, 0) is 14.4 Å². The summed E-state index contributed by atoms with van der Waals surface area (Å²) in [5, 5.41) is 5.49. The highest BCUT2D eigenvalue weighted by molar-refractivity contribution is 6.45. The molecule has 2 fully saturated rings. The lowest BCUT2D eigenvalue weighted by Crippen LogP contribution is -2.41. The van der Waals surface area contributed by atoms with Gasteiger partial charge in [0, 0.05) is 6.04 Å². The first-order valence-electron chi connectivity index (χ1n) is 11.3. The number of amides is 6. The van der Waals surface area contributed by atoms with Gasteiger partial charge in [0.2, 0.25) is 5.91 Å². The molecule has 2 aromatic carbocycles. The van der Waals surface area contributed by atoms with Gasteiger partial charge in [0.15, 0.2) is 0 Å². The SMILES string of the molecule is C[C@H](NC(=O)c1ccccc1NC(=O)CN1C(=O)C(=O)N(C2CCCC2)C1=O)c1ccccc1. The molecule has 2 aliphatic rings. The number of rotatable bonds is 7. The van der Waals surface area contributed by atoms with Gasteiger partial charge in [-0.05, 0) is 37.5 Å². The van der Waals surface area contributed by atoms with Gasteiger partial charge in [0.05, 0.1) is 17.3 Å². The highest BCUT2D eigenvalue weighted by Gasteiger charge is 2.48. The Kier molecular flexibility index (Phi) is 6.72. The molecule has 0 aromatic heterocycles. The Hall–Kier alpha value is -4.01. The van der Waals surface area contributed by atoms with E-state index in [1.165, 1.54) is 0 Å². The number of carbonyl (C=O) groups is 5. The number of hydrogen-bond donors (Lipinski definition) is 2. The molecule has 9 nitrogen and oxygen atoms in total. The predicted molar refractivity (Wildman–Crippen MR) is 124 cm³/mol. The minimum absolute atomic E-state index is 0.237. The maximum atomic E-state index is 12.9. The summed E-state index contributed by atoms with van der Waals surface area (Å²) in [5.41, 5.74) is 1.41. The van der Waals surface area contributed by atoms with Crippen LogP contribution in [0.15, 0.2) is 54.6 Å². The van der Waals surface area contributed by atoms with E-state index in [0.717, 1.165) is 23.3 Å². The molecule has 0 unspecified atom stereocenters. The Labute approximate surface area is 197 Å². The van der Waals surface area contributed by atoms with Crippen molar-refractivity contribution in [2.24, 2.45) is 0 Å². The van der Waals surface area contributed by atoms with Crippen molar-refractivity contribution in [3.8, 4) is 0 Å². The Morgan fingerprint density at radius 2 is 1.59 bits per heavy atom. The summed E-state index contributed by atoms with van der Waals surface area (Å²) in [7, 11) is 0. The molecule has 1 aliphatic heterocycles. The van der Waals surface area contributed by atoms with Crippen LogP contribution < -0.4 is 10.6 Å². The summed E-state index contributed by atoms with van der Waals surface area (Å²) in [6, 6.07) is 14.6. The van der Waals surface area contributed by atoms with E-state index in [1.54, 1.807) is 24.3 Å². The summed E-state index contributed by atoms with van der Waals surface area (Å²) in [6.45, 7) is 1.25. The van der Waals surface area contributed by atoms with Crippen molar-refractivity contribution in [3.05, 3.63) is 65.7 Å². The van der Waals surface area contributed by atoms with E-state index in [-0.39, 0.29) is 29.2 Å². The van der Waals surface area contributed by atoms with E-state index in [2.05, 4.69) is 10.6 Å². The first-order chi connectivity index (χ1) is 16.4. The normalized spacial score (nSPS) is 17.3. The molecule has 2 N–H and O–H groups in total. The summed E-state index contributed by atoms with van der Waals surface area (Å²) < 4.78 is 0. The van der Waals surface area contributed by atoms with Crippen molar-refractivity contribution >= 4 is 35.3 Å². The van der Waals surface area contributed by atoms with Gasteiger partial charge in [0.25, 0.3) is 5.91 Å². The van der Waals surface area contributed by atoms with E-state index in [4.69, 9.17) is 0 Å². The minimum atomic E-state index is -1.00. The lowest BCUT2D eigenvalue weighted by atomic mass is 10.1. The number of nitrogens with zero attached hydrogens (tertiary/aromatic N) is 2. The average molecular weight is 463 g/mol. The zero-order valence-corrected chi connectivity index (χ0v) is 18.8. The van der Waals surface area contributed by atoms with E-state index >= 15 is 0 Å². The van der Waals surface area contributed by atoms with Gasteiger partial charge in [-0.15, -0.1) is 0 Å². The van der Waals surface area contributed by atoms with Gasteiger partial charge in [-0.2, -0.15) is 0 Å². The third kappa shape index (κ3) is 4.68. The Morgan fingerprint density at radius 3 is 2.29 bits per heavy atom. The topological polar surface area (TPSA) is 116 Å². The largest absolute Gasteiger partial charge is 0.345 e. The summed E-state index contributed by atoms with van der Waals surface area (Å²) in [4.78, 5) is 64.6. The highest BCUT2D eigenvalue weighted by Crippen LogP contribution is 2.28. The number of anilines is 1. The Morgan fingerprint density at radius 1 is 0.941 bits per heavy atom. The zero-order valence-electron chi connectivity index (χ0n) is 18.8. The third-order valence-corrected chi connectivity index (χ3v) is 6.17. The second-order valence-electron chi connectivity index (χ2n) is 8.49. The molecule has 0 radical (unpaired) electrons. The molecule has 1 saturated carbocycles. The molecular weight excluding hydrogens is 436 g/mol. The van der Waals surface area contributed by atoms with Crippen LogP contribution in [0.25, 0.3) is 0 Å². The lowest BCUT2D eigenvalue weighted by Gasteiger charge is -2.21. The molecule has 0 spiro atoms. The van der Waals surface area contributed by atoms with E-state index in [9.17, 15) is 24.0 Å². The van der Waals surface area contributed by atoms with Crippen molar-refractivity contribution in [1.29, 1.82) is 0 Å². The Balaban J connectivity index is 1.43. The lowest BCUT2D eigenvalue weighted by molar-refractivity contribution is -0.144. The van der Waals surface area contributed by atoms with Crippen LogP contribution >= 0.6 is 0 Å². The fourth-order valence-electron chi connectivity index (χ4n) is 4.37. The Bertz CT molecular complexity index is 1130. The summed E-state index contributed by atoms with van der Waals surface area (Å²) in [5.74, 6) is -2.96. The maximum Gasteiger partial charge on any atom is 0.334 e. The number of imide groups is 2. The summed E-state index contributed by atoms with van der Waals surface area (Å²) in [6.07, 6.45) is 3.10. The smallest absolute Gasteiger partial charge is 0.334 e. The monoisotopic (exact) mass is 462 g/mol. The molecule has 4 rings (SSSR count). The van der Waals surface area contributed by atoms with Crippen molar-refractivity contribution in [3.63, 3.8) is 0 Å². The van der Waals surface area contributed by atoms with Crippen molar-refractivity contribution in [1.82, 2.24) is 15.1 Å². The van der Waals surface area contributed by atoms with Gasteiger partial charge in [-0.25, -0.2) is 9.69 Å². The van der Waals surface area contributed by atoms with Crippen molar-refractivity contribution < 1.29 is 24.0 Å². The van der Waals surface area contributed by atoms with E-state index in [1.807, 2.05) is 37.3 Å². The number of urea groups is 1. The fourth-order valence-corrected chi connectivity index (χ4v) is 4.37. The standard InChI is InChI=1S/C25H26N4O5/c1-16(17-9-3-2-4-10-17)26-22(31)19-13-7-8-14-20(19)27-21(30)15-28-23(32)24(33)29(25(28)34)18-11-5-6-12-18/h2-4,7-10,13-14,16,18H,5-6,11-12,15H2,1H3,(H,26,31)(H,27,30)/t16-/m0/s1. The van der Waals surface area contributed by atoms with E-state index in [0.29, 0.717) is 17.7 Å². The van der Waals surface area contributed by atoms with Gasteiger partial charge >= 0.3 is 17.8 Å². The number of benzene rings is 2. The number of para-hydroxylation sites is 1. The van der Waals surface area contributed by atoms with Crippen LogP contribution in [0.3, 0.4) is 0 Å². The van der Waals surface area contributed by atoms with Crippen LogP contribution in [0.4, 0.5) is 10.5 Å². The predicted octanol–water partition coefficient (Wildman–Crippen LogP) is 2.85. The molecular formula is C25H26N4O5. The molecule has 34 heavy (non-hydrogen) atoms. The summed E-state index contributed by atoms with van der Waals surface area (Å²) >= 11 is 0. The fraction of sp³-hybridized carbons (Fsp3) is 0.320. The molecule has 2 aromatic rings. The van der Waals surface area contributed by atoms with Crippen LogP contribution in [0.1, 0.15) is 54.6 Å². The molecule has 6 amide bonds. The molecule has 1 saturated heterocycles. The molecule has 1 heterocycles. The van der Waals surface area contributed by atoms with Crippen LogP contribution in [0, 0.1) is 0 Å². The molecule has 176 valence electrons. The first kappa shape index (κ1) is 23.2. The van der Waals surface area contributed by atoms with Gasteiger partial charge in [0.1, 0.15) is 6.54 Å². The number of carbonyl (C=O) groups excluding carboxylic acids is 5. The maximum absolute atomic E-state index is 12.9. The second-order valence-corrected chi connectivity index (χ2v) is 8.49. The average Bonchev–Trinajstić information content (AvgIpc) is 3.43. The van der Waals surface area contributed by atoms with Crippen LogP contribution in [-0.4, -0.2) is 52.0 Å². The number of hydrogen-bond acceptors (Lipinski definition) is 5. The number of nitrogens with one attached hydrogen (secondary N) is 2. The molecule has 9 heteroatoms.